The van der Waals surface area contributed by atoms with Crippen LogP contribution in [0.3, 0.4) is 0 Å². The molecule has 2 rings (SSSR count). The van der Waals surface area contributed by atoms with E-state index in [4.69, 9.17) is 0 Å². The minimum Gasteiger partial charge on any atom is -0.297 e. The minimum absolute atomic E-state index is 0.0543. The molecule has 7 heteroatoms. The summed E-state index contributed by atoms with van der Waals surface area (Å²) in [5.41, 5.74) is 0.699. The second kappa shape index (κ2) is 5.94. The van der Waals surface area contributed by atoms with Crippen molar-refractivity contribution in [1.29, 1.82) is 0 Å². The van der Waals surface area contributed by atoms with E-state index in [0.717, 1.165) is 5.69 Å². The van der Waals surface area contributed by atoms with Gasteiger partial charge in [-0.25, -0.2) is 4.98 Å². The van der Waals surface area contributed by atoms with Gasteiger partial charge in [-0.15, -0.1) is 11.3 Å². The third-order valence-corrected chi connectivity index (χ3v) is 4.70. The van der Waals surface area contributed by atoms with Crippen molar-refractivity contribution in [3.63, 3.8) is 0 Å². The Labute approximate surface area is 118 Å². The lowest BCUT2D eigenvalue weighted by Crippen LogP contribution is -2.33. The van der Waals surface area contributed by atoms with E-state index in [-0.39, 0.29) is 11.6 Å². The lowest BCUT2D eigenvalue weighted by atomic mass is 10.3. The predicted octanol–water partition coefficient (Wildman–Crippen LogP) is 0.955. The maximum absolute atomic E-state index is 11.9. The van der Waals surface area contributed by atoms with E-state index in [0.29, 0.717) is 17.3 Å². The Hall–Kier alpha value is -1.05. The van der Waals surface area contributed by atoms with E-state index in [1.54, 1.807) is 22.9 Å². The van der Waals surface area contributed by atoms with Crippen LogP contribution in [0, 0.1) is 0 Å². The van der Waals surface area contributed by atoms with Gasteiger partial charge in [-0.05, 0) is 14.0 Å². The fourth-order valence-corrected chi connectivity index (χ4v) is 3.52. The van der Waals surface area contributed by atoms with Crippen molar-refractivity contribution < 1.29 is 4.21 Å². The quantitative estimate of drug-likeness (QED) is 0.825. The van der Waals surface area contributed by atoms with Crippen LogP contribution >= 0.6 is 11.3 Å². The van der Waals surface area contributed by atoms with Crippen molar-refractivity contribution in [3.05, 3.63) is 33.7 Å². The van der Waals surface area contributed by atoms with Gasteiger partial charge in [-0.2, -0.15) is 0 Å². The number of aromatic nitrogens is 2. The molecule has 19 heavy (non-hydrogen) atoms. The van der Waals surface area contributed by atoms with Crippen molar-refractivity contribution in [2.75, 3.05) is 19.1 Å². The second-order valence-electron chi connectivity index (χ2n) is 4.65. The minimum atomic E-state index is -0.820. The van der Waals surface area contributed by atoms with Gasteiger partial charge in [-0.1, -0.05) is 0 Å². The first kappa shape index (κ1) is 14.4. The van der Waals surface area contributed by atoms with Crippen molar-refractivity contribution in [3.8, 4) is 0 Å². The van der Waals surface area contributed by atoms with E-state index < -0.39 is 10.8 Å². The third kappa shape index (κ3) is 3.49. The molecule has 2 aromatic rings. The molecule has 0 aromatic carbocycles. The molecule has 2 heterocycles. The van der Waals surface area contributed by atoms with E-state index in [9.17, 15) is 9.00 Å². The van der Waals surface area contributed by atoms with E-state index in [1.807, 2.05) is 19.4 Å². The van der Waals surface area contributed by atoms with Crippen LogP contribution in [-0.4, -0.2) is 43.6 Å². The summed E-state index contributed by atoms with van der Waals surface area (Å²) in [5.74, 6) is 0.622. The molecule has 0 spiro atoms. The predicted molar refractivity (Wildman–Crippen MR) is 79.2 cm³/mol. The molecule has 2 aromatic heterocycles. The Morgan fingerprint density at radius 1 is 1.58 bits per heavy atom. The summed E-state index contributed by atoms with van der Waals surface area (Å²) in [7, 11) is 1.13. The molecule has 0 unspecified atom stereocenters. The summed E-state index contributed by atoms with van der Waals surface area (Å²) < 4.78 is 12.8. The van der Waals surface area contributed by atoms with Gasteiger partial charge < -0.3 is 0 Å². The fourth-order valence-electron chi connectivity index (χ4n) is 1.85. The number of hydrogen-bond acceptors (Lipinski definition) is 5. The first-order valence-corrected chi connectivity index (χ1v) is 8.54. The van der Waals surface area contributed by atoms with Gasteiger partial charge in [0.2, 0.25) is 0 Å². The molecular weight excluding hydrogens is 282 g/mol. The number of fused-ring (bicyclic) bond motifs is 1. The SMILES string of the molecule is C[C@@H](C[S@@](C)=O)N(C)Cc1cc(=O)n2ccsc2n1. The molecule has 0 N–H and O–H groups in total. The molecule has 5 nitrogen and oxygen atoms in total. The molecule has 104 valence electrons. The average molecular weight is 299 g/mol. The molecule has 2 atom stereocenters. The van der Waals surface area contributed by atoms with Gasteiger partial charge in [0.1, 0.15) is 0 Å². The van der Waals surface area contributed by atoms with Crippen molar-refractivity contribution in [2.45, 2.75) is 19.5 Å². The highest BCUT2D eigenvalue weighted by molar-refractivity contribution is 7.84. The van der Waals surface area contributed by atoms with Crippen LogP contribution in [0.1, 0.15) is 12.6 Å². The molecule has 0 bridgehead atoms. The molecule has 0 aliphatic carbocycles. The number of nitrogens with zero attached hydrogens (tertiary/aromatic N) is 3. The van der Waals surface area contributed by atoms with Crippen molar-refractivity contribution in [1.82, 2.24) is 14.3 Å². The Balaban J connectivity index is 2.16. The summed E-state index contributed by atoms with van der Waals surface area (Å²) in [6, 6.07) is 1.75. The lowest BCUT2D eigenvalue weighted by Gasteiger charge is -2.23. The van der Waals surface area contributed by atoms with Crippen LogP contribution in [0.15, 0.2) is 22.4 Å². The second-order valence-corrected chi connectivity index (χ2v) is 7.00. The Kier molecular flexibility index (Phi) is 4.49. The Morgan fingerprint density at radius 2 is 2.32 bits per heavy atom. The highest BCUT2D eigenvalue weighted by Crippen LogP contribution is 2.09. The molecule has 0 fully saturated rings. The van der Waals surface area contributed by atoms with E-state index >= 15 is 0 Å². The van der Waals surface area contributed by atoms with Crippen LogP contribution in [0.4, 0.5) is 0 Å². The van der Waals surface area contributed by atoms with Crippen LogP contribution in [-0.2, 0) is 17.3 Å². The molecule has 0 amide bonds. The Morgan fingerprint density at radius 3 is 3.00 bits per heavy atom. The maximum Gasteiger partial charge on any atom is 0.258 e. The summed E-state index contributed by atoms with van der Waals surface area (Å²) in [6.07, 6.45) is 3.43. The molecule has 0 saturated carbocycles. The first-order valence-electron chi connectivity index (χ1n) is 5.93. The van der Waals surface area contributed by atoms with Gasteiger partial charge >= 0.3 is 0 Å². The van der Waals surface area contributed by atoms with Crippen LogP contribution in [0.25, 0.3) is 4.96 Å². The first-order chi connectivity index (χ1) is 8.97. The number of rotatable bonds is 5. The molecule has 0 aliphatic heterocycles. The van der Waals surface area contributed by atoms with Crippen LogP contribution < -0.4 is 5.56 Å². The summed E-state index contributed by atoms with van der Waals surface area (Å²) in [6.45, 7) is 2.61. The topological polar surface area (TPSA) is 54.7 Å². The van der Waals surface area contributed by atoms with Crippen molar-refractivity contribution >= 4 is 27.1 Å². The van der Waals surface area contributed by atoms with Crippen molar-refractivity contribution in [2.24, 2.45) is 0 Å². The van der Waals surface area contributed by atoms with E-state index in [2.05, 4.69) is 9.88 Å². The lowest BCUT2D eigenvalue weighted by molar-refractivity contribution is 0.265. The summed E-state index contributed by atoms with van der Waals surface area (Å²) >= 11 is 1.45. The van der Waals surface area contributed by atoms with Gasteiger partial charge in [0, 0.05) is 53.0 Å². The zero-order chi connectivity index (χ0) is 14.0. The summed E-state index contributed by atoms with van der Waals surface area (Å²) in [4.78, 5) is 19.1. The van der Waals surface area contributed by atoms with Gasteiger partial charge in [-0.3, -0.25) is 18.3 Å². The van der Waals surface area contributed by atoms with Crippen LogP contribution in [0.5, 0.6) is 0 Å². The number of thiazole rings is 1. The highest BCUT2D eigenvalue weighted by Gasteiger charge is 2.13. The van der Waals surface area contributed by atoms with E-state index in [1.165, 1.54) is 11.3 Å². The van der Waals surface area contributed by atoms with Crippen LogP contribution in [0.2, 0.25) is 0 Å². The fraction of sp³-hybridized carbons (Fsp3) is 0.500. The molecular formula is C12H17N3O2S2. The normalized spacial score (nSPS) is 14.9. The van der Waals surface area contributed by atoms with Gasteiger partial charge in [0.25, 0.3) is 5.56 Å². The zero-order valence-electron chi connectivity index (χ0n) is 11.2. The van der Waals surface area contributed by atoms with Gasteiger partial charge in [0.05, 0.1) is 5.69 Å². The average Bonchev–Trinajstić information content (AvgIpc) is 2.76. The standard InChI is InChI=1S/C12H17N3O2S2/c1-9(8-19(3)17)14(2)7-10-6-11(16)15-4-5-18-12(15)13-10/h4-6,9H,7-8H2,1-3H3/t9-,19+/m0/s1. The maximum atomic E-state index is 11.9. The monoisotopic (exact) mass is 299 g/mol. The van der Waals surface area contributed by atoms with Gasteiger partial charge in [0.15, 0.2) is 4.96 Å². The zero-order valence-corrected chi connectivity index (χ0v) is 12.8. The Bertz CT molecular complexity index is 650. The smallest absolute Gasteiger partial charge is 0.258 e. The molecule has 0 radical (unpaired) electrons. The number of hydrogen-bond donors (Lipinski definition) is 0. The largest absolute Gasteiger partial charge is 0.297 e. The molecule has 0 saturated heterocycles. The highest BCUT2D eigenvalue weighted by atomic mass is 32.2. The third-order valence-electron chi connectivity index (χ3n) is 3.00. The summed E-state index contributed by atoms with van der Waals surface area (Å²) in [5, 5.41) is 1.85. The molecule has 0 aliphatic rings.